The Hall–Kier alpha value is -1.88. The lowest BCUT2D eigenvalue weighted by Gasteiger charge is -2.24. The fraction of sp³-hybridized carbons (Fsp3) is 0.467. The van der Waals surface area contributed by atoms with Crippen LogP contribution in [0, 0.1) is 0 Å². The van der Waals surface area contributed by atoms with Gasteiger partial charge in [0.2, 0.25) is 0 Å². The number of fused-ring (bicyclic) bond motifs is 1. The summed E-state index contributed by atoms with van der Waals surface area (Å²) < 4.78 is 5.44. The Labute approximate surface area is 118 Å². The van der Waals surface area contributed by atoms with Gasteiger partial charge in [-0.2, -0.15) is 4.98 Å². The number of aromatic nitrogens is 2. The standard InChI is InChI=1S/C15H18N4O/c1-2-6-19(7-3-1)15-17-14(20-18-15)11-4-5-12-9-16-10-13(12)8-11/h4-5,8,16H,1-3,6-7,9-10H2. The van der Waals surface area contributed by atoms with E-state index in [0.717, 1.165) is 37.7 Å². The summed E-state index contributed by atoms with van der Waals surface area (Å²) in [4.78, 5) is 6.77. The van der Waals surface area contributed by atoms with Crippen molar-refractivity contribution in [2.45, 2.75) is 32.4 Å². The topological polar surface area (TPSA) is 54.2 Å². The van der Waals surface area contributed by atoms with E-state index in [0.29, 0.717) is 5.89 Å². The molecule has 20 heavy (non-hydrogen) atoms. The smallest absolute Gasteiger partial charge is 0.266 e. The van der Waals surface area contributed by atoms with Crippen LogP contribution in [0.1, 0.15) is 30.4 Å². The summed E-state index contributed by atoms with van der Waals surface area (Å²) >= 11 is 0. The van der Waals surface area contributed by atoms with Gasteiger partial charge in [-0.05, 0) is 47.7 Å². The number of hydrogen-bond donors (Lipinski definition) is 1. The predicted molar refractivity (Wildman–Crippen MR) is 76.3 cm³/mol. The fourth-order valence-electron chi connectivity index (χ4n) is 2.98. The largest absolute Gasteiger partial charge is 0.338 e. The molecule has 5 nitrogen and oxygen atoms in total. The molecule has 1 fully saturated rings. The summed E-state index contributed by atoms with van der Waals surface area (Å²) in [5, 5.41) is 7.48. The number of anilines is 1. The van der Waals surface area contributed by atoms with Gasteiger partial charge in [0.15, 0.2) is 0 Å². The summed E-state index contributed by atoms with van der Waals surface area (Å²) in [6.45, 7) is 3.95. The van der Waals surface area contributed by atoms with Crippen LogP contribution in [-0.4, -0.2) is 23.2 Å². The molecule has 0 spiro atoms. The number of nitrogens with one attached hydrogen (secondary N) is 1. The molecule has 0 saturated carbocycles. The van der Waals surface area contributed by atoms with E-state index < -0.39 is 0 Å². The van der Waals surface area contributed by atoms with E-state index >= 15 is 0 Å². The second kappa shape index (κ2) is 4.90. The minimum atomic E-state index is 0.625. The van der Waals surface area contributed by atoms with Gasteiger partial charge >= 0.3 is 0 Å². The Kier molecular flexibility index (Phi) is 2.92. The molecule has 104 valence electrons. The summed E-state index contributed by atoms with van der Waals surface area (Å²) in [5.41, 5.74) is 3.72. The van der Waals surface area contributed by atoms with E-state index in [9.17, 15) is 0 Å². The number of hydrogen-bond acceptors (Lipinski definition) is 5. The van der Waals surface area contributed by atoms with Crippen LogP contribution in [0.15, 0.2) is 22.7 Å². The van der Waals surface area contributed by atoms with Crippen LogP contribution in [0.2, 0.25) is 0 Å². The van der Waals surface area contributed by atoms with E-state index in [2.05, 4.69) is 38.6 Å². The Balaban J connectivity index is 1.61. The summed E-state index contributed by atoms with van der Waals surface area (Å²) in [6.07, 6.45) is 3.74. The number of benzene rings is 1. The van der Waals surface area contributed by atoms with Crippen LogP contribution >= 0.6 is 0 Å². The van der Waals surface area contributed by atoms with Gasteiger partial charge in [-0.1, -0.05) is 6.07 Å². The van der Waals surface area contributed by atoms with Crippen molar-refractivity contribution in [3.63, 3.8) is 0 Å². The van der Waals surface area contributed by atoms with E-state index in [1.165, 1.54) is 30.4 Å². The molecule has 0 atom stereocenters. The molecule has 5 heteroatoms. The van der Waals surface area contributed by atoms with Crippen LogP contribution in [0.25, 0.3) is 11.5 Å². The second-order valence-corrected chi connectivity index (χ2v) is 5.53. The first-order valence-corrected chi connectivity index (χ1v) is 7.32. The highest BCUT2D eigenvalue weighted by Gasteiger charge is 2.18. The molecular weight excluding hydrogens is 252 g/mol. The minimum Gasteiger partial charge on any atom is -0.338 e. The van der Waals surface area contributed by atoms with Crippen LogP contribution in [-0.2, 0) is 13.1 Å². The molecule has 1 aromatic heterocycles. The number of rotatable bonds is 2. The van der Waals surface area contributed by atoms with Crippen LogP contribution in [0.5, 0.6) is 0 Å². The lowest BCUT2D eigenvalue weighted by molar-refractivity contribution is 0.426. The molecule has 2 aromatic rings. The minimum absolute atomic E-state index is 0.625. The molecular formula is C15H18N4O. The van der Waals surface area contributed by atoms with Crippen molar-refractivity contribution in [1.82, 2.24) is 15.5 Å². The zero-order valence-corrected chi connectivity index (χ0v) is 11.4. The second-order valence-electron chi connectivity index (χ2n) is 5.53. The van der Waals surface area contributed by atoms with Crippen molar-refractivity contribution in [3.8, 4) is 11.5 Å². The van der Waals surface area contributed by atoms with E-state index in [1.807, 2.05) is 0 Å². The molecule has 1 saturated heterocycles. The van der Waals surface area contributed by atoms with Gasteiger partial charge in [0, 0.05) is 31.7 Å². The Morgan fingerprint density at radius 3 is 2.80 bits per heavy atom. The molecule has 0 amide bonds. The van der Waals surface area contributed by atoms with Crippen molar-refractivity contribution in [3.05, 3.63) is 29.3 Å². The molecule has 0 unspecified atom stereocenters. The third-order valence-corrected chi connectivity index (χ3v) is 4.14. The molecule has 4 rings (SSSR count). The van der Waals surface area contributed by atoms with E-state index in [4.69, 9.17) is 4.52 Å². The molecule has 0 radical (unpaired) electrons. The molecule has 3 heterocycles. The van der Waals surface area contributed by atoms with Crippen LogP contribution < -0.4 is 10.2 Å². The summed E-state index contributed by atoms with van der Waals surface area (Å²) in [5.74, 6) is 1.36. The Morgan fingerprint density at radius 1 is 1.05 bits per heavy atom. The zero-order valence-electron chi connectivity index (χ0n) is 11.4. The van der Waals surface area contributed by atoms with Crippen LogP contribution in [0.3, 0.4) is 0 Å². The lowest BCUT2D eigenvalue weighted by Crippen LogP contribution is -2.30. The van der Waals surface area contributed by atoms with Gasteiger partial charge in [0.1, 0.15) is 0 Å². The van der Waals surface area contributed by atoms with Crippen LogP contribution in [0.4, 0.5) is 5.95 Å². The average molecular weight is 270 g/mol. The summed E-state index contributed by atoms with van der Waals surface area (Å²) in [7, 11) is 0. The number of piperidine rings is 1. The van der Waals surface area contributed by atoms with E-state index in [1.54, 1.807) is 0 Å². The first-order chi connectivity index (χ1) is 9.90. The van der Waals surface area contributed by atoms with Gasteiger partial charge in [-0.25, -0.2) is 0 Å². The van der Waals surface area contributed by atoms with Gasteiger partial charge in [-0.3, -0.25) is 0 Å². The highest BCUT2D eigenvalue weighted by Crippen LogP contribution is 2.26. The third-order valence-electron chi connectivity index (χ3n) is 4.14. The van der Waals surface area contributed by atoms with Gasteiger partial charge in [-0.15, -0.1) is 0 Å². The molecule has 2 aliphatic heterocycles. The SMILES string of the molecule is c1cc2c(cc1-c1nc(N3CCCCC3)no1)CNC2. The predicted octanol–water partition coefficient (Wildman–Crippen LogP) is 2.33. The maximum absolute atomic E-state index is 5.44. The average Bonchev–Trinajstić information content (AvgIpc) is 3.16. The normalized spacial score (nSPS) is 18.3. The van der Waals surface area contributed by atoms with Crippen molar-refractivity contribution in [1.29, 1.82) is 0 Å². The molecule has 0 bridgehead atoms. The van der Waals surface area contributed by atoms with Gasteiger partial charge in [0.05, 0.1) is 0 Å². The van der Waals surface area contributed by atoms with Gasteiger partial charge in [0.25, 0.3) is 11.8 Å². The Morgan fingerprint density at radius 2 is 1.90 bits per heavy atom. The third kappa shape index (κ3) is 2.08. The first kappa shape index (κ1) is 11.9. The van der Waals surface area contributed by atoms with Crippen molar-refractivity contribution in [2.75, 3.05) is 18.0 Å². The zero-order chi connectivity index (χ0) is 13.4. The molecule has 1 N–H and O–H groups in total. The molecule has 1 aromatic carbocycles. The molecule has 0 aliphatic carbocycles. The monoisotopic (exact) mass is 270 g/mol. The van der Waals surface area contributed by atoms with Crippen molar-refractivity contribution in [2.24, 2.45) is 0 Å². The highest BCUT2D eigenvalue weighted by atomic mass is 16.5. The lowest BCUT2D eigenvalue weighted by atomic mass is 10.1. The summed E-state index contributed by atoms with van der Waals surface area (Å²) in [6, 6.07) is 6.37. The fourth-order valence-corrected chi connectivity index (χ4v) is 2.98. The maximum Gasteiger partial charge on any atom is 0.266 e. The quantitative estimate of drug-likeness (QED) is 0.907. The first-order valence-electron chi connectivity index (χ1n) is 7.32. The highest BCUT2D eigenvalue weighted by molar-refractivity contribution is 5.57. The van der Waals surface area contributed by atoms with Crippen molar-refractivity contribution >= 4 is 5.95 Å². The maximum atomic E-state index is 5.44. The molecule has 2 aliphatic rings. The van der Waals surface area contributed by atoms with Gasteiger partial charge < -0.3 is 14.7 Å². The van der Waals surface area contributed by atoms with E-state index in [-0.39, 0.29) is 0 Å². The Bertz CT molecular complexity index is 616. The van der Waals surface area contributed by atoms with Crippen molar-refractivity contribution < 1.29 is 4.52 Å². The number of nitrogens with zero attached hydrogens (tertiary/aromatic N) is 3.